The summed E-state index contributed by atoms with van der Waals surface area (Å²) in [6.07, 6.45) is 2.38. The second-order valence-electron chi connectivity index (χ2n) is 2.28. The summed E-state index contributed by atoms with van der Waals surface area (Å²) in [5.41, 5.74) is -1.17. The van der Waals surface area contributed by atoms with E-state index < -0.39 is 16.0 Å². The van der Waals surface area contributed by atoms with E-state index in [4.69, 9.17) is 5.26 Å². The van der Waals surface area contributed by atoms with E-state index in [9.17, 15) is 14.9 Å². The van der Waals surface area contributed by atoms with Crippen LogP contribution in [-0.2, 0) is 6.54 Å². The van der Waals surface area contributed by atoms with Gasteiger partial charge in [0.1, 0.15) is 6.54 Å². The molecular weight excluding hydrogens is 174 g/mol. The van der Waals surface area contributed by atoms with Gasteiger partial charge in [0.2, 0.25) is 0 Å². The normalized spacial score (nSPS) is 9.15. The van der Waals surface area contributed by atoms with Crippen LogP contribution < -0.4 is 5.43 Å². The SMILES string of the molecule is N#CCn1ccc(=O)c([N+](=O)[O-])c1. The minimum absolute atomic E-state index is 0.0128. The third-order valence-electron chi connectivity index (χ3n) is 1.41. The maximum absolute atomic E-state index is 10.9. The Morgan fingerprint density at radius 2 is 2.38 bits per heavy atom. The molecule has 1 heterocycles. The average Bonchev–Trinajstić information content (AvgIpc) is 2.08. The fourth-order valence-corrected chi connectivity index (χ4v) is 0.830. The van der Waals surface area contributed by atoms with Crippen molar-refractivity contribution in [1.29, 1.82) is 5.26 Å². The van der Waals surface area contributed by atoms with Gasteiger partial charge in [-0.05, 0) is 0 Å². The molecule has 0 aliphatic rings. The highest BCUT2D eigenvalue weighted by atomic mass is 16.6. The molecule has 1 rings (SSSR count). The first kappa shape index (κ1) is 8.93. The zero-order chi connectivity index (χ0) is 9.84. The predicted octanol–water partition coefficient (Wildman–Crippen LogP) is 0.280. The molecule has 0 bridgehead atoms. The Morgan fingerprint density at radius 1 is 1.69 bits per heavy atom. The Bertz CT molecular complexity index is 429. The number of nitro groups is 1. The highest BCUT2D eigenvalue weighted by Gasteiger charge is 2.10. The average molecular weight is 179 g/mol. The van der Waals surface area contributed by atoms with Gasteiger partial charge in [-0.15, -0.1) is 0 Å². The van der Waals surface area contributed by atoms with Crippen LogP contribution >= 0.6 is 0 Å². The first-order valence-electron chi connectivity index (χ1n) is 3.36. The zero-order valence-electron chi connectivity index (χ0n) is 6.51. The van der Waals surface area contributed by atoms with Gasteiger partial charge in [0, 0.05) is 12.3 Å². The topological polar surface area (TPSA) is 88.9 Å². The van der Waals surface area contributed by atoms with Crippen molar-refractivity contribution in [3.8, 4) is 6.07 Å². The summed E-state index contributed by atoms with van der Waals surface area (Å²) in [7, 11) is 0. The zero-order valence-corrected chi connectivity index (χ0v) is 6.51. The molecule has 0 aliphatic carbocycles. The van der Waals surface area contributed by atoms with E-state index in [1.807, 2.05) is 6.07 Å². The fourth-order valence-electron chi connectivity index (χ4n) is 0.830. The van der Waals surface area contributed by atoms with Crippen molar-refractivity contribution in [2.75, 3.05) is 0 Å². The minimum atomic E-state index is -0.768. The third-order valence-corrected chi connectivity index (χ3v) is 1.41. The van der Waals surface area contributed by atoms with Crippen LogP contribution in [0.2, 0.25) is 0 Å². The van der Waals surface area contributed by atoms with Crippen molar-refractivity contribution in [2.45, 2.75) is 6.54 Å². The first-order valence-corrected chi connectivity index (χ1v) is 3.36. The molecule has 0 amide bonds. The minimum Gasteiger partial charge on any atom is -0.334 e. The molecule has 0 saturated carbocycles. The monoisotopic (exact) mass is 179 g/mol. The molecule has 6 nitrogen and oxygen atoms in total. The lowest BCUT2D eigenvalue weighted by molar-refractivity contribution is -0.386. The molecule has 6 heteroatoms. The largest absolute Gasteiger partial charge is 0.334 e. The number of pyridine rings is 1. The van der Waals surface area contributed by atoms with E-state index in [1.54, 1.807) is 0 Å². The van der Waals surface area contributed by atoms with Gasteiger partial charge in [-0.3, -0.25) is 14.9 Å². The molecular formula is C7H5N3O3. The molecule has 0 N–H and O–H groups in total. The number of hydrogen-bond donors (Lipinski definition) is 0. The maximum Gasteiger partial charge on any atom is 0.332 e. The Labute approximate surface area is 72.8 Å². The number of aromatic nitrogens is 1. The van der Waals surface area contributed by atoms with Gasteiger partial charge in [-0.2, -0.15) is 5.26 Å². The summed E-state index contributed by atoms with van der Waals surface area (Å²) in [5, 5.41) is 18.6. The Kier molecular flexibility index (Phi) is 2.40. The summed E-state index contributed by atoms with van der Waals surface area (Å²) < 4.78 is 1.28. The fraction of sp³-hybridized carbons (Fsp3) is 0.143. The highest BCUT2D eigenvalue weighted by Crippen LogP contribution is 2.01. The van der Waals surface area contributed by atoms with Gasteiger partial charge in [0.15, 0.2) is 0 Å². The van der Waals surface area contributed by atoms with E-state index in [0.717, 1.165) is 12.3 Å². The second-order valence-corrected chi connectivity index (χ2v) is 2.28. The van der Waals surface area contributed by atoms with Crippen LogP contribution in [0.5, 0.6) is 0 Å². The molecule has 1 aromatic heterocycles. The van der Waals surface area contributed by atoms with Gasteiger partial charge in [0.05, 0.1) is 17.2 Å². The molecule has 1 aromatic rings. The number of rotatable bonds is 2. The lowest BCUT2D eigenvalue weighted by Gasteiger charge is -1.97. The van der Waals surface area contributed by atoms with E-state index >= 15 is 0 Å². The molecule has 0 saturated heterocycles. The number of nitrogens with zero attached hydrogens (tertiary/aromatic N) is 3. The van der Waals surface area contributed by atoms with Crippen molar-refractivity contribution < 1.29 is 4.92 Å². The van der Waals surface area contributed by atoms with Gasteiger partial charge < -0.3 is 4.57 Å². The van der Waals surface area contributed by atoms with E-state index in [2.05, 4.69) is 0 Å². The molecule has 0 spiro atoms. The lowest BCUT2D eigenvalue weighted by Crippen LogP contribution is -2.10. The van der Waals surface area contributed by atoms with Crippen LogP contribution in [0.4, 0.5) is 5.69 Å². The van der Waals surface area contributed by atoms with Crippen molar-refractivity contribution >= 4 is 5.69 Å². The van der Waals surface area contributed by atoms with Crippen molar-refractivity contribution in [3.05, 3.63) is 38.8 Å². The van der Waals surface area contributed by atoms with Gasteiger partial charge in [-0.1, -0.05) is 0 Å². The van der Waals surface area contributed by atoms with Crippen molar-refractivity contribution in [3.63, 3.8) is 0 Å². The molecule has 0 fully saturated rings. The highest BCUT2D eigenvalue weighted by molar-refractivity contribution is 5.25. The third kappa shape index (κ3) is 1.90. The van der Waals surface area contributed by atoms with E-state index in [-0.39, 0.29) is 6.54 Å². The van der Waals surface area contributed by atoms with Crippen molar-refractivity contribution in [2.24, 2.45) is 0 Å². The van der Waals surface area contributed by atoms with E-state index in [0.29, 0.717) is 0 Å². The van der Waals surface area contributed by atoms with Gasteiger partial charge >= 0.3 is 5.69 Å². The predicted molar refractivity (Wildman–Crippen MR) is 43.0 cm³/mol. The van der Waals surface area contributed by atoms with Gasteiger partial charge in [-0.25, -0.2) is 0 Å². The second kappa shape index (κ2) is 3.49. The molecule has 0 atom stereocenters. The summed E-state index contributed by atoms with van der Waals surface area (Å²) >= 11 is 0. The Morgan fingerprint density at radius 3 is 2.92 bits per heavy atom. The number of nitriles is 1. The molecule has 0 aromatic carbocycles. The molecule has 0 unspecified atom stereocenters. The standard InChI is InChI=1S/C7H5N3O3/c8-2-4-9-3-1-7(11)6(5-9)10(12)13/h1,3,5H,4H2. The van der Waals surface area contributed by atoms with Crippen molar-refractivity contribution in [1.82, 2.24) is 4.57 Å². The lowest BCUT2D eigenvalue weighted by atomic mass is 10.4. The molecule has 66 valence electrons. The van der Waals surface area contributed by atoms with Crippen LogP contribution in [0.3, 0.4) is 0 Å². The quantitative estimate of drug-likeness (QED) is 0.481. The van der Waals surface area contributed by atoms with Crippen LogP contribution in [0.15, 0.2) is 23.3 Å². The van der Waals surface area contributed by atoms with Crippen LogP contribution in [0.25, 0.3) is 0 Å². The van der Waals surface area contributed by atoms with Crippen LogP contribution in [0, 0.1) is 21.4 Å². The molecule has 13 heavy (non-hydrogen) atoms. The van der Waals surface area contributed by atoms with Crippen LogP contribution in [0.1, 0.15) is 0 Å². The molecule has 0 radical (unpaired) electrons. The first-order chi connectivity index (χ1) is 6.15. The smallest absolute Gasteiger partial charge is 0.332 e. The summed E-state index contributed by atoms with van der Waals surface area (Å²) in [6, 6.07) is 2.87. The van der Waals surface area contributed by atoms with Gasteiger partial charge in [0.25, 0.3) is 5.43 Å². The number of hydrogen-bond acceptors (Lipinski definition) is 4. The van der Waals surface area contributed by atoms with E-state index in [1.165, 1.54) is 10.8 Å². The summed E-state index contributed by atoms with van der Waals surface area (Å²) in [6.45, 7) is -0.0128. The summed E-state index contributed by atoms with van der Waals surface area (Å²) in [5.74, 6) is 0. The van der Waals surface area contributed by atoms with Crippen LogP contribution in [-0.4, -0.2) is 9.49 Å². The summed E-state index contributed by atoms with van der Waals surface area (Å²) in [4.78, 5) is 20.4. The maximum atomic E-state index is 10.9. The Balaban J connectivity index is 3.21. The molecule has 0 aliphatic heterocycles. The Hall–Kier alpha value is -2.16.